The Morgan fingerprint density at radius 2 is 1.82 bits per heavy atom. The van der Waals surface area contributed by atoms with E-state index in [0.29, 0.717) is 11.3 Å². The molecule has 0 heterocycles. The van der Waals surface area contributed by atoms with Crippen LogP contribution in [0.5, 0.6) is 0 Å². The number of anilines is 1. The van der Waals surface area contributed by atoms with E-state index in [1.54, 1.807) is 18.2 Å². The minimum atomic E-state index is -0.485. The fourth-order valence-electron chi connectivity index (χ4n) is 1.23. The van der Waals surface area contributed by atoms with E-state index in [2.05, 4.69) is 21.2 Å². The van der Waals surface area contributed by atoms with Crippen LogP contribution in [-0.2, 0) is 4.79 Å². The predicted octanol–water partition coefficient (Wildman–Crippen LogP) is 3.64. The lowest BCUT2D eigenvalue weighted by Crippen LogP contribution is -2.28. The molecule has 1 aromatic rings. The number of Topliss-reactive ketones (excluding diaryl/α,β-unsaturated/α-hetero) is 1. The van der Waals surface area contributed by atoms with Gasteiger partial charge in [-0.05, 0) is 25.1 Å². The molecule has 17 heavy (non-hydrogen) atoms. The van der Waals surface area contributed by atoms with Gasteiger partial charge in [-0.3, -0.25) is 9.59 Å². The normalized spacial score (nSPS) is 11.1. The molecule has 1 amide bonds. The molecule has 1 aromatic carbocycles. The maximum atomic E-state index is 11.9. The quantitative estimate of drug-likeness (QED) is 0.847. The fraction of sp³-hybridized carbons (Fsp3) is 0.385. The third kappa shape index (κ3) is 3.66. The maximum Gasteiger partial charge on any atom is 0.229 e. The molecule has 0 saturated carbocycles. The zero-order valence-electron chi connectivity index (χ0n) is 10.4. The smallest absolute Gasteiger partial charge is 0.229 e. The van der Waals surface area contributed by atoms with E-state index in [1.807, 2.05) is 20.8 Å². The maximum absolute atomic E-state index is 11.9. The Balaban J connectivity index is 3.07. The highest BCUT2D eigenvalue weighted by molar-refractivity contribution is 9.10. The van der Waals surface area contributed by atoms with Gasteiger partial charge in [0.2, 0.25) is 5.91 Å². The van der Waals surface area contributed by atoms with Gasteiger partial charge < -0.3 is 5.32 Å². The minimum Gasteiger partial charge on any atom is -0.325 e. The van der Waals surface area contributed by atoms with E-state index in [9.17, 15) is 9.59 Å². The summed E-state index contributed by atoms with van der Waals surface area (Å²) >= 11 is 3.31. The average molecular weight is 298 g/mol. The van der Waals surface area contributed by atoms with Gasteiger partial charge in [0.25, 0.3) is 0 Å². The van der Waals surface area contributed by atoms with Crippen LogP contribution in [-0.4, -0.2) is 11.7 Å². The number of hydrogen-bond acceptors (Lipinski definition) is 2. The highest BCUT2D eigenvalue weighted by Gasteiger charge is 2.22. The number of benzene rings is 1. The molecule has 0 fully saturated rings. The van der Waals surface area contributed by atoms with Crippen LogP contribution in [0.25, 0.3) is 0 Å². The lowest BCUT2D eigenvalue weighted by atomic mass is 9.95. The Morgan fingerprint density at radius 1 is 1.24 bits per heavy atom. The highest BCUT2D eigenvalue weighted by atomic mass is 79.9. The van der Waals surface area contributed by atoms with Gasteiger partial charge in [-0.25, -0.2) is 0 Å². The summed E-state index contributed by atoms with van der Waals surface area (Å²) in [5, 5.41) is 2.78. The lowest BCUT2D eigenvalue weighted by Gasteiger charge is -2.19. The van der Waals surface area contributed by atoms with Crippen molar-refractivity contribution in [3.05, 3.63) is 28.2 Å². The standard InChI is InChI=1S/C13H16BrNO2/c1-8(16)10-7-9(14)5-6-11(10)15-12(17)13(2,3)4/h5-7H,1-4H3,(H,15,17). The van der Waals surface area contributed by atoms with Gasteiger partial charge in [0.1, 0.15) is 0 Å². The van der Waals surface area contributed by atoms with Gasteiger partial charge in [0.15, 0.2) is 5.78 Å². The molecule has 0 unspecified atom stereocenters. The van der Waals surface area contributed by atoms with Crippen LogP contribution in [0.2, 0.25) is 0 Å². The Labute approximate surface area is 110 Å². The summed E-state index contributed by atoms with van der Waals surface area (Å²) in [6.45, 7) is 6.96. The topological polar surface area (TPSA) is 46.2 Å². The molecule has 1 rings (SSSR count). The summed E-state index contributed by atoms with van der Waals surface area (Å²) in [6, 6.07) is 5.23. The summed E-state index contributed by atoms with van der Waals surface area (Å²) in [7, 11) is 0. The molecule has 0 bridgehead atoms. The molecule has 0 aliphatic carbocycles. The molecule has 0 aromatic heterocycles. The van der Waals surface area contributed by atoms with Crippen molar-refractivity contribution in [1.29, 1.82) is 0 Å². The molecule has 0 aliphatic rings. The molecule has 3 nitrogen and oxygen atoms in total. The van der Waals surface area contributed by atoms with Crippen LogP contribution < -0.4 is 5.32 Å². The van der Waals surface area contributed by atoms with Crippen molar-refractivity contribution in [2.45, 2.75) is 27.7 Å². The van der Waals surface area contributed by atoms with Gasteiger partial charge in [-0.15, -0.1) is 0 Å². The summed E-state index contributed by atoms with van der Waals surface area (Å²) in [5.41, 5.74) is 0.582. The van der Waals surface area contributed by atoms with Gasteiger partial charge in [0, 0.05) is 15.5 Å². The van der Waals surface area contributed by atoms with Crippen molar-refractivity contribution in [3.63, 3.8) is 0 Å². The Bertz CT molecular complexity index is 461. The number of carbonyl (C=O) groups is 2. The number of amides is 1. The van der Waals surface area contributed by atoms with Crippen molar-refractivity contribution in [1.82, 2.24) is 0 Å². The number of carbonyl (C=O) groups excluding carboxylic acids is 2. The molecular weight excluding hydrogens is 282 g/mol. The molecule has 0 spiro atoms. The third-order valence-electron chi connectivity index (χ3n) is 2.29. The first-order chi connectivity index (χ1) is 7.71. The van der Waals surface area contributed by atoms with E-state index >= 15 is 0 Å². The van der Waals surface area contributed by atoms with Crippen molar-refractivity contribution in [3.8, 4) is 0 Å². The number of hydrogen-bond donors (Lipinski definition) is 1. The Hall–Kier alpha value is -1.16. The SMILES string of the molecule is CC(=O)c1cc(Br)ccc1NC(=O)C(C)(C)C. The monoisotopic (exact) mass is 297 g/mol. The Morgan fingerprint density at radius 3 is 2.29 bits per heavy atom. The third-order valence-corrected chi connectivity index (χ3v) is 2.78. The van der Waals surface area contributed by atoms with Crippen LogP contribution >= 0.6 is 15.9 Å². The molecule has 0 radical (unpaired) electrons. The van der Waals surface area contributed by atoms with Crippen molar-refractivity contribution >= 4 is 33.3 Å². The second-order valence-corrected chi connectivity index (χ2v) is 5.87. The molecule has 4 heteroatoms. The average Bonchev–Trinajstić information content (AvgIpc) is 2.18. The zero-order valence-corrected chi connectivity index (χ0v) is 12.0. The minimum absolute atomic E-state index is 0.0736. The van der Waals surface area contributed by atoms with Crippen LogP contribution in [0.4, 0.5) is 5.69 Å². The number of nitrogens with one attached hydrogen (secondary N) is 1. The molecule has 0 atom stereocenters. The summed E-state index contributed by atoms with van der Waals surface area (Å²) in [5.74, 6) is -0.183. The van der Waals surface area contributed by atoms with Gasteiger partial charge >= 0.3 is 0 Å². The number of rotatable bonds is 2. The largest absolute Gasteiger partial charge is 0.325 e. The van der Waals surface area contributed by atoms with E-state index in [1.165, 1.54) is 6.92 Å². The predicted molar refractivity (Wildman–Crippen MR) is 72.2 cm³/mol. The highest BCUT2D eigenvalue weighted by Crippen LogP contribution is 2.24. The summed E-state index contributed by atoms with van der Waals surface area (Å²) < 4.78 is 0.816. The second kappa shape index (κ2) is 5.00. The lowest BCUT2D eigenvalue weighted by molar-refractivity contribution is -0.123. The van der Waals surface area contributed by atoms with E-state index < -0.39 is 5.41 Å². The fourth-order valence-corrected chi connectivity index (χ4v) is 1.59. The molecule has 0 aliphatic heterocycles. The van der Waals surface area contributed by atoms with Gasteiger partial charge in [-0.2, -0.15) is 0 Å². The van der Waals surface area contributed by atoms with Crippen LogP contribution in [0.1, 0.15) is 38.1 Å². The summed E-state index contributed by atoms with van der Waals surface area (Å²) in [6.07, 6.45) is 0. The second-order valence-electron chi connectivity index (χ2n) is 4.95. The zero-order chi connectivity index (χ0) is 13.2. The molecule has 1 N–H and O–H groups in total. The number of ketones is 1. The van der Waals surface area contributed by atoms with Gasteiger partial charge in [0.05, 0.1) is 5.69 Å². The van der Waals surface area contributed by atoms with Crippen LogP contribution in [0.3, 0.4) is 0 Å². The van der Waals surface area contributed by atoms with Crippen LogP contribution in [0, 0.1) is 5.41 Å². The van der Waals surface area contributed by atoms with Crippen molar-refractivity contribution in [2.75, 3.05) is 5.32 Å². The van der Waals surface area contributed by atoms with E-state index in [-0.39, 0.29) is 11.7 Å². The molecule has 92 valence electrons. The number of halogens is 1. The van der Waals surface area contributed by atoms with Crippen molar-refractivity contribution in [2.24, 2.45) is 5.41 Å². The first-order valence-corrected chi connectivity index (χ1v) is 6.13. The summed E-state index contributed by atoms with van der Waals surface area (Å²) in [4.78, 5) is 23.3. The Kier molecular flexibility index (Phi) is 4.09. The molecule has 0 saturated heterocycles. The molecular formula is C13H16BrNO2. The first kappa shape index (κ1) is 13.9. The van der Waals surface area contributed by atoms with E-state index in [0.717, 1.165) is 4.47 Å². The first-order valence-electron chi connectivity index (χ1n) is 5.34. The van der Waals surface area contributed by atoms with Crippen LogP contribution in [0.15, 0.2) is 22.7 Å². The van der Waals surface area contributed by atoms with Gasteiger partial charge in [-0.1, -0.05) is 36.7 Å². The van der Waals surface area contributed by atoms with E-state index in [4.69, 9.17) is 0 Å². The van der Waals surface area contributed by atoms with Crippen molar-refractivity contribution < 1.29 is 9.59 Å².